The summed E-state index contributed by atoms with van der Waals surface area (Å²) in [6.07, 6.45) is 3.69. The summed E-state index contributed by atoms with van der Waals surface area (Å²) >= 11 is 0. The fraction of sp³-hybridized carbons (Fsp3) is 0.500. The third-order valence-corrected chi connectivity index (χ3v) is 4.05. The number of carboxylic acid groups (broad SMARTS) is 1. The fourth-order valence-electron chi connectivity index (χ4n) is 2.80. The van der Waals surface area contributed by atoms with Crippen molar-refractivity contribution in [2.24, 2.45) is 5.41 Å². The number of anilines is 1. The maximum absolute atomic E-state index is 13.5. The van der Waals surface area contributed by atoms with E-state index in [1.165, 1.54) is 12.1 Å². The van der Waals surface area contributed by atoms with Crippen LogP contribution in [0.25, 0.3) is 0 Å². The molecule has 0 unspecified atom stereocenters. The van der Waals surface area contributed by atoms with E-state index in [1.807, 2.05) is 0 Å². The van der Waals surface area contributed by atoms with E-state index < -0.39 is 27.8 Å². The molecule has 1 aliphatic rings. The minimum absolute atomic E-state index is 0.0196. The Balaban J connectivity index is 2.20. The number of hydrogen-bond acceptors (Lipinski definition) is 4. The molecule has 0 amide bonds. The molecule has 0 spiro atoms. The second-order valence-corrected chi connectivity index (χ2v) is 5.39. The van der Waals surface area contributed by atoms with E-state index in [9.17, 15) is 24.4 Å². The second kappa shape index (κ2) is 6.07. The van der Waals surface area contributed by atoms with Crippen LogP contribution in [0.4, 0.5) is 15.8 Å². The molecule has 6 nitrogen and oxygen atoms in total. The van der Waals surface area contributed by atoms with Crippen LogP contribution in [-0.4, -0.2) is 22.5 Å². The summed E-state index contributed by atoms with van der Waals surface area (Å²) in [6, 6.07) is 3.76. The summed E-state index contributed by atoms with van der Waals surface area (Å²) in [7, 11) is 0. The van der Waals surface area contributed by atoms with Gasteiger partial charge in [0.05, 0.1) is 10.3 Å². The van der Waals surface area contributed by atoms with Crippen LogP contribution in [-0.2, 0) is 4.79 Å². The van der Waals surface area contributed by atoms with Crippen molar-refractivity contribution < 1.29 is 19.2 Å². The van der Waals surface area contributed by atoms with Crippen LogP contribution < -0.4 is 5.32 Å². The quantitative estimate of drug-likeness (QED) is 0.643. The maximum Gasteiger partial charge on any atom is 0.327 e. The van der Waals surface area contributed by atoms with E-state index in [4.69, 9.17) is 0 Å². The summed E-state index contributed by atoms with van der Waals surface area (Å²) in [6.45, 7) is 0.0621. The van der Waals surface area contributed by atoms with E-state index in [-0.39, 0.29) is 12.2 Å². The molecule has 0 saturated heterocycles. The highest BCUT2D eigenvalue weighted by molar-refractivity contribution is 5.76. The summed E-state index contributed by atoms with van der Waals surface area (Å²) in [5.74, 6) is -1.84. The van der Waals surface area contributed by atoms with Crippen LogP contribution in [0.5, 0.6) is 0 Å². The third-order valence-electron chi connectivity index (χ3n) is 4.05. The molecule has 114 valence electrons. The average Bonchev–Trinajstić information content (AvgIpc) is 2.45. The number of benzene rings is 1. The molecule has 2 N–H and O–H groups in total. The minimum Gasteiger partial charge on any atom is -0.481 e. The van der Waals surface area contributed by atoms with E-state index in [0.717, 1.165) is 25.3 Å². The van der Waals surface area contributed by atoms with Crippen molar-refractivity contribution in [2.45, 2.75) is 32.1 Å². The number of carbonyl (C=O) groups is 1. The number of carboxylic acids is 1. The number of para-hydroxylation sites is 1. The molecule has 0 radical (unpaired) electrons. The second-order valence-electron chi connectivity index (χ2n) is 5.39. The topological polar surface area (TPSA) is 92.5 Å². The Morgan fingerprint density at radius 3 is 2.62 bits per heavy atom. The normalized spacial score (nSPS) is 17.2. The Kier molecular flexibility index (Phi) is 4.40. The first-order valence-corrected chi connectivity index (χ1v) is 6.86. The highest BCUT2D eigenvalue weighted by Crippen LogP contribution is 2.37. The molecule has 21 heavy (non-hydrogen) atoms. The van der Waals surface area contributed by atoms with Crippen molar-refractivity contribution in [3.05, 3.63) is 34.1 Å². The molecule has 1 aromatic carbocycles. The van der Waals surface area contributed by atoms with Crippen molar-refractivity contribution in [1.29, 1.82) is 0 Å². The predicted molar refractivity (Wildman–Crippen MR) is 74.7 cm³/mol. The van der Waals surface area contributed by atoms with E-state index in [1.54, 1.807) is 0 Å². The molecule has 1 saturated carbocycles. The lowest BCUT2D eigenvalue weighted by Gasteiger charge is -2.33. The Labute approximate surface area is 121 Å². The fourth-order valence-corrected chi connectivity index (χ4v) is 2.80. The zero-order valence-electron chi connectivity index (χ0n) is 11.5. The smallest absolute Gasteiger partial charge is 0.327 e. The van der Waals surface area contributed by atoms with E-state index in [0.29, 0.717) is 12.8 Å². The molecule has 1 fully saturated rings. The van der Waals surface area contributed by atoms with Gasteiger partial charge in [-0.3, -0.25) is 14.9 Å². The Bertz CT molecular complexity index is 556. The summed E-state index contributed by atoms with van der Waals surface area (Å²) < 4.78 is 13.5. The zero-order chi connectivity index (χ0) is 15.5. The molecule has 0 aromatic heterocycles. The highest BCUT2D eigenvalue weighted by Gasteiger charge is 2.39. The standard InChI is InChI=1S/C14H17FN2O4/c15-10-5-4-6-11(12(10)17(20)21)16-9-14(13(18)19)7-2-1-3-8-14/h4-6,16H,1-3,7-9H2,(H,18,19). The molecule has 0 bridgehead atoms. The van der Waals surface area contributed by atoms with Crippen LogP contribution in [0.3, 0.4) is 0 Å². The van der Waals surface area contributed by atoms with Crippen LogP contribution in [0.15, 0.2) is 18.2 Å². The molecular formula is C14H17FN2O4. The lowest BCUT2D eigenvalue weighted by molar-refractivity contribution is -0.386. The number of rotatable bonds is 5. The number of nitrogens with one attached hydrogen (secondary N) is 1. The van der Waals surface area contributed by atoms with Gasteiger partial charge in [0.1, 0.15) is 5.69 Å². The maximum atomic E-state index is 13.5. The molecule has 1 aliphatic carbocycles. The van der Waals surface area contributed by atoms with E-state index >= 15 is 0 Å². The van der Waals surface area contributed by atoms with Gasteiger partial charge >= 0.3 is 11.7 Å². The Morgan fingerprint density at radius 2 is 2.05 bits per heavy atom. The Hall–Kier alpha value is -2.18. The van der Waals surface area contributed by atoms with Crippen LogP contribution >= 0.6 is 0 Å². The van der Waals surface area contributed by atoms with Gasteiger partial charge in [0.2, 0.25) is 5.82 Å². The average molecular weight is 296 g/mol. The largest absolute Gasteiger partial charge is 0.481 e. The van der Waals surface area contributed by atoms with Crippen LogP contribution in [0.1, 0.15) is 32.1 Å². The van der Waals surface area contributed by atoms with Crippen molar-refractivity contribution in [1.82, 2.24) is 0 Å². The van der Waals surface area contributed by atoms with Gasteiger partial charge in [0.25, 0.3) is 0 Å². The first-order chi connectivity index (χ1) is 9.96. The summed E-state index contributed by atoms with van der Waals surface area (Å²) in [5.41, 5.74) is -1.56. The number of aliphatic carboxylic acids is 1. The number of hydrogen-bond donors (Lipinski definition) is 2. The first kappa shape index (κ1) is 15.2. The number of nitrogens with zero attached hydrogens (tertiary/aromatic N) is 1. The third kappa shape index (κ3) is 3.12. The highest BCUT2D eigenvalue weighted by atomic mass is 19.1. The molecular weight excluding hydrogens is 279 g/mol. The van der Waals surface area contributed by atoms with Gasteiger partial charge in [-0.1, -0.05) is 25.3 Å². The molecule has 0 aliphatic heterocycles. The molecule has 0 atom stereocenters. The van der Waals surface area contributed by atoms with Gasteiger partial charge in [-0.15, -0.1) is 0 Å². The molecule has 2 rings (SSSR count). The van der Waals surface area contributed by atoms with Gasteiger partial charge in [0, 0.05) is 6.54 Å². The first-order valence-electron chi connectivity index (χ1n) is 6.86. The molecule has 7 heteroatoms. The summed E-state index contributed by atoms with van der Waals surface area (Å²) in [4.78, 5) is 21.7. The monoisotopic (exact) mass is 296 g/mol. The van der Waals surface area contributed by atoms with Crippen LogP contribution in [0.2, 0.25) is 0 Å². The Morgan fingerprint density at radius 1 is 1.38 bits per heavy atom. The lowest BCUT2D eigenvalue weighted by Crippen LogP contribution is -2.39. The zero-order valence-corrected chi connectivity index (χ0v) is 11.5. The number of nitro benzene ring substituents is 1. The van der Waals surface area contributed by atoms with E-state index in [2.05, 4.69) is 5.32 Å². The van der Waals surface area contributed by atoms with Gasteiger partial charge in [0.15, 0.2) is 0 Å². The van der Waals surface area contributed by atoms with Crippen molar-refractivity contribution in [3.63, 3.8) is 0 Å². The van der Waals surface area contributed by atoms with Gasteiger partial charge < -0.3 is 10.4 Å². The van der Waals surface area contributed by atoms with Gasteiger partial charge in [-0.2, -0.15) is 4.39 Å². The van der Waals surface area contributed by atoms with Gasteiger partial charge in [-0.05, 0) is 25.0 Å². The van der Waals surface area contributed by atoms with Crippen molar-refractivity contribution in [3.8, 4) is 0 Å². The van der Waals surface area contributed by atoms with Gasteiger partial charge in [-0.25, -0.2) is 0 Å². The minimum atomic E-state index is -0.932. The SMILES string of the molecule is O=C(O)C1(CNc2cccc(F)c2[N+](=O)[O-])CCCCC1. The van der Waals surface area contributed by atoms with Crippen molar-refractivity contribution >= 4 is 17.3 Å². The summed E-state index contributed by atoms with van der Waals surface area (Å²) in [5, 5.41) is 23.1. The molecule has 1 aromatic rings. The number of nitro groups is 1. The number of halogens is 1. The predicted octanol–water partition coefficient (Wildman–Crippen LogP) is 3.18. The van der Waals surface area contributed by atoms with Crippen LogP contribution in [0, 0.1) is 21.3 Å². The lowest BCUT2D eigenvalue weighted by atomic mass is 9.74. The molecule has 0 heterocycles. The van der Waals surface area contributed by atoms with Crippen molar-refractivity contribution in [2.75, 3.05) is 11.9 Å².